The van der Waals surface area contributed by atoms with E-state index in [9.17, 15) is 4.79 Å². The van der Waals surface area contributed by atoms with Crippen molar-refractivity contribution in [1.82, 2.24) is 9.55 Å². The topological polar surface area (TPSA) is 34.9 Å². The van der Waals surface area contributed by atoms with E-state index in [2.05, 4.69) is 59.2 Å². The molecule has 3 aromatic rings. The smallest absolute Gasteiger partial charge is 0.258 e. The van der Waals surface area contributed by atoms with Gasteiger partial charge in [-0.05, 0) is 43.2 Å². The molecule has 3 aliphatic rings. The van der Waals surface area contributed by atoms with Gasteiger partial charge in [-0.3, -0.25) is 9.36 Å². The molecule has 2 fully saturated rings. The minimum atomic E-state index is -0.0171. The zero-order valence-corrected chi connectivity index (χ0v) is 19.4. The number of hydrogen-bond acceptors (Lipinski definition) is 3. The van der Waals surface area contributed by atoms with E-state index in [0.29, 0.717) is 6.04 Å². The van der Waals surface area contributed by atoms with Crippen LogP contribution in [0.15, 0.2) is 64.5 Å². The molecule has 4 heteroatoms. The molecule has 0 unspecified atom stereocenters. The molecule has 0 amide bonds. The van der Waals surface area contributed by atoms with Crippen molar-refractivity contribution in [2.24, 2.45) is 0 Å². The largest absolute Gasteiger partial charge is 0.284 e. The number of nitrogens with zero attached hydrogens (tertiary/aromatic N) is 2. The van der Waals surface area contributed by atoms with Crippen molar-refractivity contribution in [3.63, 3.8) is 0 Å². The summed E-state index contributed by atoms with van der Waals surface area (Å²) in [6.45, 7) is 0. The van der Waals surface area contributed by atoms with Crippen LogP contribution in [0.2, 0.25) is 0 Å². The second-order valence-corrected chi connectivity index (χ2v) is 10.8. The fourth-order valence-corrected chi connectivity index (χ4v) is 7.35. The third-order valence-corrected chi connectivity index (χ3v) is 8.90. The molecular weight excluding hydrogens is 412 g/mol. The Balaban J connectivity index is 1.54. The van der Waals surface area contributed by atoms with Gasteiger partial charge in [-0.25, -0.2) is 4.98 Å². The maximum absolute atomic E-state index is 14.3. The van der Waals surface area contributed by atoms with Gasteiger partial charge in [0, 0.05) is 22.8 Å². The van der Waals surface area contributed by atoms with Gasteiger partial charge in [0.1, 0.15) is 0 Å². The van der Waals surface area contributed by atoms with Crippen molar-refractivity contribution in [1.29, 1.82) is 0 Å². The molecule has 0 bridgehead atoms. The van der Waals surface area contributed by atoms with E-state index in [1.807, 2.05) is 0 Å². The number of thioether (sulfide) groups is 1. The van der Waals surface area contributed by atoms with E-state index in [4.69, 9.17) is 4.98 Å². The summed E-state index contributed by atoms with van der Waals surface area (Å²) in [6, 6.07) is 19.5. The van der Waals surface area contributed by atoms with E-state index < -0.39 is 0 Å². The molecule has 6 rings (SSSR count). The fourth-order valence-electron chi connectivity index (χ4n) is 6.33. The van der Waals surface area contributed by atoms with E-state index in [1.165, 1.54) is 42.4 Å². The lowest BCUT2D eigenvalue weighted by molar-refractivity contribution is 0.395. The molecule has 164 valence electrons. The monoisotopic (exact) mass is 442 g/mol. The Labute approximate surface area is 194 Å². The van der Waals surface area contributed by atoms with Gasteiger partial charge in [0.25, 0.3) is 5.56 Å². The van der Waals surface area contributed by atoms with Crippen molar-refractivity contribution in [2.75, 3.05) is 0 Å². The highest BCUT2D eigenvalue weighted by Gasteiger charge is 2.45. The second kappa shape index (κ2) is 8.22. The van der Waals surface area contributed by atoms with Crippen LogP contribution in [0.4, 0.5) is 0 Å². The van der Waals surface area contributed by atoms with Crippen molar-refractivity contribution in [3.05, 3.63) is 81.6 Å². The number of rotatable bonds is 4. The number of benzene rings is 2. The first kappa shape index (κ1) is 20.3. The van der Waals surface area contributed by atoms with Gasteiger partial charge in [-0.2, -0.15) is 0 Å². The van der Waals surface area contributed by atoms with Gasteiger partial charge in [0.15, 0.2) is 5.16 Å². The van der Waals surface area contributed by atoms with Gasteiger partial charge in [0.05, 0.1) is 11.3 Å². The second-order valence-electron chi connectivity index (χ2n) is 9.83. The number of fused-ring (bicyclic) bond motifs is 4. The Morgan fingerprint density at radius 1 is 0.938 bits per heavy atom. The van der Waals surface area contributed by atoms with Gasteiger partial charge in [0.2, 0.25) is 0 Å². The van der Waals surface area contributed by atoms with Crippen molar-refractivity contribution in [3.8, 4) is 11.3 Å². The van der Waals surface area contributed by atoms with E-state index >= 15 is 0 Å². The summed E-state index contributed by atoms with van der Waals surface area (Å²) < 4.78 is 2.12. The predicted octanol–water partition coefficient (Wildman–Crippen LogP) is 6.69. The van der Waals surface area contributed by atoms with Crippen LogP contribution in [0.3, 0.4) is 0 Å². The molecule has 3 aliphatic carbocycles. The van der Waals surface area contributed by atoms with Crippen molar-refractivity contribution >= 4 is 11.8 Å². The molecule has 1 aromatic heterocycles. The standard InChI is InChI=1S/C28H30N2OS/c31-26-24-25(23-15-7-4-12-21(23)18-28(24)16-8-9-17-28)29-27(30(26)22-13-5-6-14-22)32-19-20-10-2-1-3-11-20/h1-4,7,10-12,15,22H,5-6,8-9,13-14,16-19H2. The zero-order valence-electron chi connectivity index (χ0n) is 18.6. The van der Waals surface area contributed by atoms with Gasteiger partial charge >= 0.3 is 0 Å². The van der Waals surface area contributed by atoms with Crippen LogP contribution >= 0.6 is 11.8 Å². The summed E-state index contributed by atoms with van der Waals surface area (Å²) >= 11 is 1.73. The average molecular weight is 443 g/mol. The normalized spacial score (nSPS) is 19.2. The molecule has 1 spiro atoms. The molecule has 0 radical (unpaired) electrons. The Hall–Kier alpha value is -2.33. The quantitative estimate of drug-likeness (QED) is 0.334. The van der Waals surface area contributed by atoms with Crippen LogP contribution in [0.5, 0.6) is 0 Å². The third-order valence-electron chi connectivity index (χ3n) is 7.88. The molecule has 0 N–H and O–H groups in total. The Bertz CT molecular complexity index is 1190. The summed E-state index contributed by atoms with van der Waals surface area (Å²) in [5.41, 5.74) is 6.07. The van der Waals surface area contributed by atoms with Crippen LogP contribution in [0, 0.1) is 0 Å². The van der Waals surface area contributed by atoms with Gasteiger partial charge in [-0.1, -0.05) is 92.0 Å². The Morgan fingerprint density at radius 3 is 2.44 bits per heavy atom. The molecule has 3 nitrogen and oxygen atoms in total. The zero-order chi connectivity index (χ0) is 21.5. The Kier molecular flexibility index (Phi) is 5.21. The number of hydrogen-bond donors (Lipinski definition) is 0. The van der Waals surface area contributed by atoms with E-state index in [0.717, 1.165) is 54.3 Å². The molecule has 1 heterocycles. The minimum Gasteiger partial charge on any atom is -0.284 e. The van der Waals surface area contributed by atoms with E-state index in [-0.39, 0.29) is 11.0 Å². The first-order chi connectivity index (χ1) is 15.8. The highest BCUT2D eigenvalue weighted by molar-refractivity contribution is 7.98. The first-order valence-corrected chi connectivity index (χ1v) is 13.2. The maximum atomic E-state index is 14.3. The summed E-state index contributed by atoms with van der Waals surface area (Å²) in [7, 11) is 0. The molecule has 0 saturated heterocycles. The van der Waals surface area contributed by atoms with Crippen molar-refractivity contribution in [2.45, 2.75) is 80.2 Å². The summed E-state index contributed by atoms with van der Waals surface area (Å²) in [5, 5.41) is 0.911. The van der Waals surface area contributed by atoms with Crippen LogP contribution in [-0.2, 0) is 17.6 Å². The molecule has 0 atom stereocenters. The SMILES string of the molecule is O=c1c2c(nc(SCc3ccccc3)n1C1CCCC1)-c1ccccc1CC21CCCC1. The highest BCUT2D eigenvalue weighted by Crippen LogP contribution is 2.50. The first-order valence-electron chi connectivity index (χ1n) is 12.2. The third kappa shape index (κ3) is 3.35. The summed E-state index contributed by atoms with van der Waals surface area (Å²) in [6.07, 6.45) is 10.3. The maximum Gasteiger partial charge on any atom is 0.258 e. The van der Waals surface area contributed by atoms with Crippen molar-refractivity contribution < 1.29 is 0 Å². The highest BCUT2D eigenvalue weighted by atomic mass is 32.2. The lowest BCUT2D eigenvalue weighted by Gasteiger charge is -2.37. The summed E-state index contributed by atoms with van der Waals surface area (Å²) in [4.78, 5) is 19.6. The Morgan fingerprint density at radius 2 is 1.66 bits per heavy atom. The van der Waals surface area contributed by atoms with Crippen LogP contribution < -0.4 is 5.56 Å². The van der Waals surface area contributed by atoms with Crippen LogP contribution in [0.1, 0.15) is 74.1 Å². The molecular formula is C28H30N2OS. The number of aromatic nitrogens is 2. The minimum absolute atomic E-state index is 0.0171. The van der Waals surface area contributed by atoms with Crippen LogP contribution in [-0.4, -0.2) is 9.55 Å². The van der Waals surface area contributed by atoms with Gasteiger partial charge < -0.3 is 0 Å². The molecule has 0 aliphatic heterocycles. The average Bonchev–Trinajstić information content (AvgIpc) is 3.51. The molecule has 2 saturated carbocycles. The predicted molar refractivity (Wildman–Crippen MR) is 131 cm³/mol. The van der Waals surface area contributed by atoms with Crippen LogP contribution in [0.25, 0.3) is 11.3 Å². The summed E-state index contributed by atoms with van der Waals surface area (Å²) in [5.74, 6) is 0.839. The lowest BCUT2D eigenvalue weighted by Crippen LogP contribution is -2.41. The fraction of sp³-hybridized carbons (Fsp3) is 0.429. The molecule has 32 heavy (non-hydrogen) atoms. The molecule has 2 aromatic carbocycles. The lowest BCUT2D eigenvalue weighted by atomic mass is 9.68. The van der Waals surface area contributed by atoms with Gasteiger partial charge in [-0.15, -0.1) is 0 Å². The van der Waals surface area contributed by atoms with E-state index in [1.54, 1.807) is 11.8 Å².